The number of hydrogen-bond acceptors (Lipinski definition) is 5. The van der Waals surface area contributed by atoms with Crippen LogP contribution in [0.2, 0.25) is 0 Å². The molecule has 1 heterocycles. The van der Waals surface area contributed by atoms with Crippen molar-refractivity contribution in [3.8, 4) is 0 Å². The Hall–Kier alpha value is -1.92. The smallest absolute Gasteiger partial charge is 0.254 e. The van der Waals surface area contributed by atoms with Crippen LogP contribution >= 0.6 is 12.6 Å². The average molecular weight is 274 g/mol. The molecular weight excluding hydrogens is 260 g/mol. The van der Waals surface area contributed by atoms with E-state index in [4.69, 9.17) is 5.73 Å². The highest BCUT2D eigenvalue weighted by Gasteiger charge is 2.08. The second-order valence-electron chi connectivity index (χ2n) is 3.94. The SMILES string of the molecule is N[C@@H](S)c1ncc(C(=O)NCc2ccccc2)cn1. The molecule has 0 fully saturated rings. The lowest BCUT2D eigenvalue weighted by molar-refractivity contribution is 0.0950. The molecule has 6 heteroatoms. The second-order valence-corrected chi connectivity index (χ2v) is 4.50. The molecule has 0 aliphatic heterocycles. The Kier molecular flexibility index (Phi) is 4.48. The van der Waals surface area contributed by atoms with E-state index in [2.05, 4.69) is 27.9 Å². The van der Waals surface area contributed by atoms with Gasteiger partial charge < -0.3 is 11.1 Å². The van der Waals surface area contributed by atoms with E-state index in [9.17, 15) is 4.79 Å². The van der Waals surface area contributed by atoms with Gasteiger partial charge >= 0.3 is 0 Å². The molecule has 2 rings (SSSR count). The minimum atomic E-state index is -0.540. The Balaban J connectivity index is 1.96. The van der Waals surface area contributed by atoms with Crippen LogP contribution < -0.4 is 11.1 Å². The highest BCUT2D eigenvalue weighted by molar-refractivity contribution is 7.80. The number of nitrogens with two attached hydrogens (primary N) is 1. The van der Waals surface area contributed by atoms with Gasteiger partial charge in [-0.2, -0.15) is 12.6 Å². The summed E-state index contributed by atoms with van der Waals surface area (Å²) in [6, 6.07) is 9.67. The van der Waals surface area contributed by atoms with Crippen molar-refractivity contribution in [1.82, 2.24) is 15.3 Å². The van der Waals surface area contributed by atoms with E-state index < -0.39 is 5.37 Å². The molecule has 5 nitrogen and oxygen atoms in total. The molecule has 98 valence electrons. The van der Waals surface area contributed by atoms with Crippen LogP contribution in [0.5, 0.6) is 0 Å². The summed E-state index contributed by atoms with van der Waals surface area (Å²) in [5.41, 5.74) is 6.94. The zero-order valence-electron chi connectivity index (χ0n) is 10.2. The number of nitrogens with one attached hydrogen (secondary N) is 1. The van der Waals surface area contributed by atoms with Gasteiger partial charge in [0.2, 0.25) is 0 Å². The molecule has 1 aromatic heterocycles. The second kappa shape index (κ2) is 6.31. The summed E-state index contributed by atoms with van der Waals surface area (Å²) in [4.78, 5) is 19.8. The Morgan fingerprint density at radius 3 is 2.47 bits per heavy atom. The van der Waals surface area contributed by atoms with Crippen LogP contribution in [0.3, 0.4) is 0 Å². The van der Waals surface area contributed by atoms with Crippen LogP contribution in [-0.2, 0) is 6.54 Å². The van der Waals surface area contributed by atoms with Crippen LogP contribution in [0.1, 0.15) is 27.1 Å². The number of rotatable bonds is 4. The van der Waals surface area contributed by atoms with Crippen LogP contribution in [0.25, 0.3) is 0 Å². The van der Waals surface area contributed by atoms with Crippen molar-refractivity contribution in [2.45, 2.75) is 11.9 Å². The van der Waals surface area contributed by atoms with Gasteiger partial charge in [-0.3, -0.25) is 4.79 Å². The van der Waals surface area contributed by atoms with Crippen molar-refractivity contribution in [3.63, 3.8) is 0 Å². The van der Waals surface area contributed by atoms with Gasteiger partial charge in [-0.15, -0.1) is 0 Å². The molecule has 0 unspecified atom stereocenters. The molecule has 0 saturated heterocycles. The largest absolute Gasteiger partial charge is 0.348 e. The molecule has 1 aromatic carbocycles. The molecule has 0 aliphatic carbocycles. The maximum atomic E-state index is 11.9. The fourth-order valence-corrected chi connectivity index (χ4v) is 1.62. The Morgan fingerprint density at radius 2 is 1.89 bits per heavy atom. The standard InChI is InChI=1S/C13H14N4OS/c14-11(19)12-15-7-10(8-16-12)13(18)17-6-9-4-2-1-3-5-9/h1-5,7-8,11,19H,6,14H2,(H,17,18)/t11-/m0/s1. The summed E-state index contributed by atoms with van der Waals surface area (Å²) in [7, 11) is 0. The summed E-state index contributed by atoms with van der Waals surface area (Å²) in [5.74, 6) is 0.172. The monoisotopic (exact) mass is 274 g/mol. The minimum absolute atomic E-state index is 0.219. The van der Waals surface area contributed by atoms with E-state index in [0.717, 1.165) is 5.56 Å². The van der Waals surface area contributed by atoms with Crippen molar-refractivity contribution in [2.75, 3.05) is 0 Å². The van der Waals surface area contributed by atoms with Gasteiger partial charge in [0.25, 0.3) is 5.91 Å². The summed E-state index contributed by atoms with van der Waals surface area (Å²) in [5, 5.41) is 2.25. The maximum Gasteiger partial charge on any atom is 0.254 e. The first-order valence-electron chi connectivity index (χ1n) is 5.74. The molecule has 0 radical (unpaired) electrons. The summed E-state index contributed by atoms with van der Waals surface area (Å²) < 4.78 is 0. The molecule has 2 aromatic rings. The Morgan fingerprint density at radius 1 is 1.26 bits per heavy atom. The predicted molar refractivity (Wildman–Crippen MR) is 75.6 cm³/mol. The van der Waals surface area contributed by atoms with Gasteiger partial charge in [0.1, 0.15) is 5.37 Å². The number of carbonyl (C=O) groups excluding carboxylic acids is 1. The number of carbonyl (C=O) groups is 1. The normalized spacial score (nSPS) is 11.9. The summed E-state index contributed by atoms with van der Waals surface area (Å²) in [6.07, 6.45) is 2.89. The minimum Gasteiger partial charge on any atom is -0.348 e. The molecule has 0 spiro atoms. The molecule has 19 heavy (non-hydrogen) atoms. The highest BCUT2D eigenvalue weighted by atomic mass is 32.1. The van der Waals surface area contributed by atoms with Gasteiger partial charge in [0, 0.05) is 18.9 Å². The molecule has 1 atom stereocenters. The summed E-state index contributed by atoms with van der Waals surface area (Å²) >= 11 is 4.01. The van der Waals surface area contributed by atoms with Gasteiger partial charge in [-0.25, -0.2) is 9.97 Å². The lowest BCUT2D eigenvalue weighted by Crippen LogP contribution is -2.23. The Labute approximate surface area is 116 Å². The number of benzene rings is 1. The highest BCUT2D eigenvalue weighted by Crippen LogP contribution is 2.07. The van der Waals surface area contributed by atoms with Crippen molar-refractivity contribution in [2.24, 2.45) is 5.73 Å². The lowest BCUT2D eigenvalue weighted by atomic mass is 10.2. The zero-order chi connectivity index (χ0) is 13.7. The van der Waals surface area contributed by atoms with E-state index in [1.807, 2.05) is 30.3 Å². The Bertz CT molecular complexity index is 542. The molecule has 0 aliphatic rings. The van der Waals surface area contributed by atoms with Gasteiger partial charge in [0.15, 0.2) is 5.82 Å². The third-order valence-corrected chi connectivity index (χ3v) is 2.73. The summed E-state index contributed by atoms with van der Waals surface area (Å²) in [6.45, 7) is 0.466. The number of hydrogen-bond donors (Lipinski definition) is 3. The fraction of sp³-hybridized carbons (Fsp3) is 0.154. The first-order chi connectivity index (χ1) is 9.16. The number of nitrogens with zero attached hydrogens (tertiary/aromatic N) is 2. The van der Waals surface area contributed by atoms with Crippen molar-refractivity contribution in [3.05, 3.63) is 59.7 Å². The van der Waals surface area contributed by atoms with Crippen LogP contribution in [0.4, 0.5) is 0 Å². The van der Waals surface area contributed by atoms with Gasteiger partial charge in [-0.1, -0.05) is 30.3 Å². The first-order valence-corrected chi connectivity index (χ1v) is 6.26. The third kappa shape index (κ3) is 3.77. The van der Waals surface area contributed by atoms with E-state index in [-0.39, 0.29) is 5.91 Å². The predicted octanol–water partition coefficient (Wildman–Crippen LogP) is 1.29. The zero-order valence-corrected chi connectivity index (χ0v) is 11.0. The van der Waals surface area contributed by atoms with Crippen molar-refractivity contribution in [1.29, 1.82) is 0 Å². The van der Waals surface area contributed by atoms with Crippen LogP contribution in [-0.4, -0.2) is 15.9 Å². The van der Waals surface area contributed by atoms with Gasteiger partial charge in [0.05, 0.1) is 5.56 Å². The van der Waals surface area contributed by atoms with Crippen molar-refractivity contribution >= 4 is 18.5 Å². The maximum absolute atomic E-state index is 11.9. The van der Waals surface area contributed by atoms with Gasteiger partial charge in [-0.05, 0) is 5.56 Å². The number of amides is 1. The topological polar surface area (TPSA) is 80.9 Å². The molecule has 3 N–H and O–H groups in total. The van der Waals surface area contributed by atoms with Crippen LogP contribution in [0, 0.1) is 0 Å². The van der Waals surface area contributed by atoms with Crippen LogP contribution in [0.15, 0.2) is 42.7 Å². The van der Waals surface area contributed by atoms with Crippen molar-refractivity contribution < 1.29 is 4.79 Å². The quantitative estimate of drug-likeness (QED) is 0.580. The van der Waals surface area contributed by atoms with E-state index in [1.165, 1.54) is 12.4 Å². The molecule has 0 bridgehead atoms. The fourth-order valence-electron chi connectivity index (χ4n) is 1.49. The molecule has 0 saturated carbocycles. The van der Waals surface area contributed by atoms with E-state index in [1.54, 1.807) is 0 Å². The molecular formula is C13H14N4OS. The third-order valence-electron chi connectivity index (χ3n) is 2.49. The number of thiol groups is 1. The first kappa shape index (κ1) is 13.5. The average Bonchev–Trinajstić information content (AvgIpc) is 2.46. The van der Waals surface area contributed by atoms with E-state index in [0.29, 0.717) is 17.9 Å². The van der Waals surface area contributed by atoms with E-state index >= 15 is 0 Å². The number of aromatic nitrogens is 2. The lowest BCUT2D eigenvalue weighted by Gasteiger charge is -2.06. The molecule has 1 amide bonds.